The normalized spacial score (nSPS) is 10.2. The number of anilines is 2. The largest absolute Gasteiger partial charge is 0.495 e. The summed E-state index contributed by atoms with van der Waals surface area (Å²) in [5, 5.41) is 6.34. The van der Waals surface area contributed by atoms with Gasteiger partial charge in [0, 0.05) is 17.8 Å². The van der Waals surface area contributed by atoms with Gasteiger partial charge >= 0.3 is 0 Å². The van der Waals surface area contributed by atoms with Gasteiger partial charge in [-0.1, -0.05) is 24.9 Å². The van der Waals surface area contributed by atoms with Crippen molar-refractivity contribution in [3.8, 4) is 5.75 Å². The number of carbonyl (C=O) groups excluding carboxylic acids is 1. The van der Waals surface area contributed by atoms with Gasteiger partial charge in [-0.3, -0.25) is 4.79 Å². The molecule has 2 N–H and O–H groups in total. The molecule has 0 unspecified atom stereocenters. The number of ether oxygens (including phenoxy) is 1. The SMILES string of the molecule is CCCCNc1nccc(C(=O)Nc2cc(Cl)ccc2OC)n1. The Balaban J connectivity index is 2.11. The fourth-order valence-electron chi connectivity index (χ4n) is 1.91. The molecule has 1 aromatic heterocycles. The number of unbranched alkanes of at least 4 members (excludes halogenated alkanes) is 1. The van der Waals surface area contributed by atoms with Gasteiger partial charge in [0.1, 0.15) is 11.4 Å². The van der Waals surface area contributed by atoms with Crippen LogP contribution in [0.15, 0.2) is 30.5 Å². The van der Waals surface area contributed by atoms with Crippen LogP contribution in [0.25, 0.3) is 0 Å². The smallest absolute Gasteiger partial charge is 0.274 e. The van der Waals surface area contributed by atoms with Crippen LogP contribution in [0.1, 0.15) is 30.3 Å². The molecule has 23 heavy (non-hydrogen) atoms. The van der Waals surface area contributed by atoms with E-state index in [0.717, 1.165) is 19.4 Å². The number of rotatable bonds is 7. The van der Waals surface area contributed by atoms with Crippen LogP contribution < -0.4 is 15.4 Å². The van der Waals surface area contributed by atoms with Gasteiger partial charge in [0.15, 0.2) is 0 Å². The Kier molecular flexibility index (Phi) is 6.17. The Morgan fingerprint density at radius 2 is 2.17 bits per heavy atom. The molecule has 0 radical (unpaired) electrons. The minimum atomic E-state index is -0.355. The van der Waals surface area contributed by atoms with Gasteiger partial charge in [-0.15, -0.1) is 0 Å². The van der Waals surface area contributed by atoms with Crippen molar-refractivity contribution < 1.29 is 9.53 Å². The highest BCUT2D eigenvalue weighted by molar-refractivity contribution is 6.31. The second-order valence-corrected chi connectivity index (χ2v) is 5.28. The highest BCUT2D eigenvalue weighted by atomic mass is 35.5. The number of aromatic nitrogens is 2. The van der Waals surface area contributed by atoms with Crippen molar-refractivity contribution in [2.75, 3.05) is 24.3 Å². The molecule has 0 fully saturated rings. The maximum atomic E-state index is 12.3. The first kappa shape index (κ1) is 17.0. The Labute approximate surface area is 140 Å². The molecule has 1 aromatic carbocycles. The standard InChI is InChI=1S/C16H19ClN4O2/c1-3-4-8-18-16-19-9-7-12(21-16)15(22)20-13-10-11(17)5-6-14(13)23-2/h5-7,9-10H,3-4,8H2,1-2H3,(H,20,22)(H,18,19,21). The van der Waals surface area contributed by atoms with Crippen molar-refractivity contribution in [1.29, 1.82) is 0 Å². The fourth-order valence-corrected chi connectivity index (χ4v) is 2.08. The van der Waals surface area contributed by atoms with Crippen molar-refractivity contribution in [3.63, 3.8) is 0 Å². The number of halogens is 1. The van der Waals surface area contributed by atoms with E-state index in [9.17, 15) is 4.79 Å². The van der Waals surface area contributed by atoms with E-state index in [4.69, 9.17) is 16.3 Å². The van der Waals surface area contributed by atoms with Crippen molar-refractivity contribution in [3.05, 3.63) is 41.2 Å². The molecule has 6 nitrogen and oxygen atoms in total. The molecular formula is C16H19ClN4O2. The summed E-state index contributed by atoms with van der Waals surface area (Å²) in [5.41, 5.74) is 0.755. The second-order valence-electron chi connectivity index (χ2n) is 4.84. The van der Waals surface area contributed by atoms with Crippen LogP contribution in [0.4, 0.5) is 11.6 Å². The van der Waals surface area contributed by atoms with Gasteiger partial charge in [0.05, 0.1) is 12.8 Å². The maximum absolute atomic E-state index is 12.3. The summed E-state index contributed by atoms with van der Waals surface area (Å²) in [6.07, 6.45) is 3.63. The predicted octanol–water partition coefficient (Wildman–Crippen LogP) is 3.60. The molecule has 0 aliphatic rings. The third-order valence-corrected chi connectivity index (χ3v) is 3.35. The van der Waals surface area contributed by atoms with E-state index in [2.05, 4.69) is 27.5 Å². The zero-order valence-corrected chi connectivity index (χ0v) is 13.9. The number of hydrogen-bond acceptors (Lipinski definition) is 5. The molecule has 0 saturated heterocycles. The van der Waals surface area contributed by atoms with Gasteiger partial charge in [-0.05, 0) is 30.7 Å². The number of hydrogen-bond donors (Lipinski definition) is 2. The van der Waals surface area contributed by atoms with Crippen molar-refractivity contribution in [1.82, 2.24) is 9.97 Å². The second kappa shape index (κ2) is 8.33. The molecule has 0 aliphatic heterocycles. The van der Waals surface area contributed by atoms with Gasteiger partial charge in [0.25, 0.3) is 5.91 Å². The van der Waals surface area contributed by atoms with Crippen LogP contribution in [0.5, 0.6) is 5.75 Å². The van der Waals surface area contributed by atoms with Gasteiger partial charge in [-0.2, -0.15) is 0 Å². The van der Waals surface area contributed by atoms with Crippen LogP contribution in [0.3, 0.4) is 0 Å². The quantitative estimate of drug-likeness (QED) is 0.756. The van der Waals surface area contributed by atoms with Crippen molar-refractivity contribution >= 4 is 29.1 Å². The Bertz CT molecular complexity index is 679. The van der Waals surface area contributed by atoms with Crippen molar-refractivity contribution in [2.24, 2.45) is 0 Å². The molecule has 0 saturated carbocycles. The van der Waals surface area contributed by atoms with Crippen LogP contribution in [-0.2, 0) is 0 Å². The zero-order chi connectivity index (χ0) is 16.7. The number of nitrogens with zero attached hydrogens (tertiary/aromatic N) is 2. The third-order valence-electron chi connectivity index (χ3n) is 3.11. The van der Waals surface area contributed by atoms with E-state index < -0.39 is 0 Å². The van der Waals surface area contributed by atoms with Crippen LogP contribution >= 0.6 is 11.6 Å². The van der Waals surface area contributed by atoms with Crippen LogP contribution in [0.2, 0.25) is 5.02 Å². The molecule has 2 rings (SSSR count). The fraction of sp³-hybridized carbons (Fsp3) is 0.312. The molecule has 0 spiro atoms. The number of methoxy groups -OCH3 is 1. The molecule has 0 bridgehead atoms. The average molecular weight is 335 g/mol. The topological polar surface area (TPSA) is 76.1 Å². The maximum Gasteiger partial charge on any atom is 0.274 e. The summed E-state index contributed by atoms with van der Waals surface area (Å²) in [4.78, 5) is 20.7. The number of amides is 1. The van der Waals surface area contributed by atoms with Gasteiger partial charge in [-0.25, -0.2) is 9.97 Å². The Hall–Kier alpha value is -2.34. The molecule has 0 atom stereocenters. The van der Waals surface area contributed by atoms with E-state index in [0.29, 0.717) is 22.4 Å². The van der Waals surface area contributed by atoms with E-state index in [1.165, 1.54) is 7.11 Å². The lowest BCUT2D eigenvalue weighted by molar-refractivity contribution is 0.102. The summed E-state index contributed by atoms with van der Waals surface area (Å²) in [6.45, 7) is 2.87. The molecule has 122 valence electrons. The minimum absolute atomic E-state index is 0.265. The Morgan fingerprint density at radius 1 is 1.35 bits per heavy atom. The predicted molar refractivity (Wildman–Crippen MR) is 91.4 cm³/mol. The monoisotopic (exact) mass is 334 g/mol. The Morgan fingerprint density at radius 3 is 2.91 bits per heavy atom. The lowest BCUT2D eigenvalue weighted by atomic mass is 10.2. The first-order valence-electron chi connectivity index (χ1n) is 7.36. The molecular weight excluding hydrogens is 316 g/mol. The van der Waals surface area contributed by atoms with Crippen LogP contribution in [-0.4, -0.2) is 29.5 Å². The number of nitrogens with one attached hydrogen (secondary N) is 2. The molecule has 0 aliphatic carbocycles. The summed E-state index contributed by atoms with van der Waals surface area (Å²) in [5.74, 6) is 0.605. The number of carbonyl (C=O) groups is 1. The van der Waals surface area contributed by atoms with Crippen LogP contribution in [0, 0.1) is 0 Å². The van der Waals surface area contributed by atoms with E-state index in [1.807, 2.05) is 0 Å². The lowest BCUT2D eigenvalue weighted by Crippen LogP contribution is -2.16. The summed E-state index contributed by atoms with van der Waals surface area (Å²) in [6, 6.07) is 6.56. The average Bonchev–Trinajstić information content (AvgIpc) is 2.55. The first-order valence-corrected chi connectivity index (χ1v) is 7.73. The highest BCUT2D eigenvalue weighted by Gasteiger charge is 2.12. The van der Waals surface area contributed by atoms with E-state index >= 15 is 0 Å². The van der Waals surface area contributed by atoms with Gasteiger partial charge in [0.2, 0.25) is 5.95 Å². The zero-order valence-electron chi connectivity index (χ0n) is 13.1. The van der Waals surface area contributed by atoms with Gasteiger partial charge < -0.3 is 15.4 Å². The number of benzene rings is 1. The third kappa shape index (κ3) is 4.82. The molecule has 1 amide bonds. The van der Waals surface area contributed by atoms with E-state index in [-0.39, 0.29) is 11.6 Å². The molecule has 2 aromatic rings. The first-order chi connectivity index (χ1) is 11.1. The lowest BCUT2D eigenvalue weighted by Gasteiger charge is -2.10. The van der Waals surface area contributed by atoms with Crippen molar-refractivity contribution in [2.45, 2.75) is 19.8 Å². The molecule has 7 heteroatoms. The van der Waals surface area contributed by atoms with E-state index in [1.54, 1.807) is 30.5 Å². The highest BCUT2D eigenvalue weighted by Crippen LogP contribution is 2.27. The summed E-state index contributed by atoms with van der Waals surface area (Å²) in [7, 11) is 1.53. The molecule has 1 heterocycles. The minimum Gasteiger partial charge on any atom is -0.495 e. The summed E-state index contributed by atoms with van der Waals surface area (Å²) >= 11 is 5.96. The summed E-state index contributed by atoms with van der Waals surface area (Å²) < 4.78 is 5.21.